The molecule has 144 valence electrons. The number of nitrogens with zero attached hydrogens (tertiary/aromatic N) is 2. The monoisotopic (exact) mass is 393 g/mol. The Labute approximate surface area is 169 Å². The predicted molar refractivity (Wildman–Crippen MR) is 113 cm³/mol. The van der Waals surface area contributed by atoms with E-state index in [0.29, 0.717) is 5.92 Å². The lowest BCUT2D eigenvalue weighted by atomic mass is 9.98. The van der Waals surface area contributed by atoms with E-state index in [2.05, 4.69) is 22.8 Å². The minimum absolute atomic E-state index is 0.0484. The highest BCUT2D eigenvalue weighted by atomic mass is 32.1. The molecule has 2 amide bonds. The Balaban J connectivity index is 1.33. The van der Waals surface area contributed by atoms with Gasteiger partial charge in [-0.3, -0.25) is 0 Å². The van der Waals surface area contributed by atoms with E-state index in [9.17, 15) is 4.79 Å². The number of benzene rings is 2. The number of hydrogen-bond donors (Lipinski definition) is 1. The minimum atomic E-state index is -0.0484. The first-order valence-electron chi connectivity index (χ1n) is 9.44. The number of carbonyl (C=O) groups excluding carboxylic acids is 1. The number of rotatable bonds is 4. The molecule has 1 aromatic heterocycles. The van der Waals surface area contributed by atoms with Crippen LogP contribution in [-0.4, -0.2) is 36.1 Å². The number of nitrogens with one attached hydrogen (secondary N) is 1. The molecule has 6 heteroatoms. The van der Waals surface area contributed by atoms with E-state index in [1.165, 1.54) is 5.01 Å². The Kier molecular flexibility index (Phi) is 5.58. The topological polar surface area (TPSA) is 54.5 Å². The molecule has 0 aliphatic carbocycles. The molecule has 1 fully saturated rings. The zero-order chi connectivity index (χ0) is 19.3. The molecule has 4 rings (SSSR count). The largest absolute Gasteiger partial charge is 0.497 e. The average Bonchev–Trinajstić information content (AvgIpc) is 3.25. The number of urea groups is 1. The number of thiazole rings is 1. The molecule has 5 nitrogen and oxygen atoms in total. The van der Waals surface area contributed by atoms with Crippen molar-refractivity contribution < 1.29 is 9.53 Å². The lowest BCUT2D eigenvalue weighted by Crippen LogP contribution is -2.40. The van der Waals surface area contributed by atoms with Gasteiger partial charge in [0.2, 0.25) is 0 Å². The Morgan fingerprint density at radius 2 is 1.82 bits per heavy atom. The van der Waals surface area contributed by atoms with E-state index in [0.717, 1.165) is 48.6 Å². The molecule has 1 aliphatic rings. The fourth-order valence-electron chi connectivity index (χ4n) is 3.42. The van der Waals surface area contributed by atoms with Crippen LogP contribution in [0.5, 0.6) is 5.75 Å². The molecular formula is C22H23N3O2S. The molecule has 0 unspecified atom stereocenters. The molecule has 0 spiro atoms. The fourth-order valence-corrected chi connectivity index (χ4v) is 4.42. The van der Waals surface area contributed by atoms with Gasteiger partial charge >= 0.3 is 6.03 Å². The predicted octanol–water partition coefficient (Wildman–Crippen LogP) is 5.23. The molecule has 0 bridgehead atoms. The van der Waals surface area contributed by atoms with Crippen molar-refractivity contribution in [3.63, 3.8) is 0 Å². The molecule has 0 atom stereocenters. The van der Waals surface area contributed by atoms with Crippen LogP contribution < -0.4 is 10.1 Å². The second-order valence-electron chi connectivity index (χ2n) is 6.86. The number of ether oxygens (including phenoxy) is 1. The summed E-state index contributed by atoms with van der Waals surface area (Å²) in [4.78, 5) is 19.3. The summed E-state index contributed by atoms with van der Waals surface area (Å²) in [7, 11) is 1.63. The maximum Gasteiger partial charge on any atom is 0.321 e. The van der Waals surface area contributed by atoms with Crippen LogP contribution in [0.1, 0.15) is 23.8 Å². The van der Waals surface area contributed by atoms with Crippen LogP contribution >= 0.6 is 11.3 Å². The van der Waals surface area contributed by atoms with Crippen LogP contribution in [0.25, 0.3) is 11.3 Å². The number of hydrogen-bond acceptors (Lipinski definition) is 4. The minimum Gasteiger partial charge on any atom is -0.497 e. The lowest BCUT2D eigenvalue weighted by molar-refractivity contribution is 0.194. The number of aromatic nitrogens is 1. The summed E-state index contributed by atoms with van der Waals surface area (Å²) >= 11 is 1.72. The van der Waals surface area contributed by atoms with Gasteiger partial charge in [0.05, 0.1) is 17.8 Å². The highest BCUT2D eigenvalue weighted by molar-refractivity contribution is 7.10. The van der Waals surface area contributed by atoms with Crippen molar-refractivity contribution in [3.8, 4) is 17.0 Å². The second-order valence-corrected chi connectivity index (χ2v) is 7.75. The first kappa shape index (κ1) is 18.5. The molecule has 2 aromatic carbocycles. The van der Waals surface area contributed by atoms with E-state index >= 15 is 0 Å². The van der Waals surface area contributed by atoms with E-state index < -0.39 is 0 Å². The summed E-state index contributed by atoms with van der Waals surface area (Å²) < 4.78 is 5.15. The zero-order valence-electron chi connectivity index (χ0n) is 15.8. The van der Waals surface area contributed by atoms with Crippen LogP contribution in [0.2, 0.25) is 0 Å². The number of carbonyl (C=O) groups is 1. The van der Waals surface area contributed by atoms with Crippen LogP contribution in [-0.2, 0) is 0 Å². The van der Waals surface area contributed by atoms with Crippen LogP contribution in [0, 0.1) is 0 Å². The molecular weight excluding hydrogens is 370 g/mol. The van der Waals surface area contributed by atoms with Crippen LogP contribution in [0.4, 0.5) is 10.5 Å². The fraction of sp³-hybridized carbons (Fsp3) is 0.273. The van der Waals surface area contributed by atoms with E-state index in [1.54, 1.807) is 18.4 Å². The second kappa shape index (κ2) is 8.44. The molecule has 0 saturated carbocycles. The standard InChI is InChI=1S/C22H23N3O2S/c1-27-19-9-7-18(8-10-19)23-22(26)25-13-11-17(12-14-25)21-24-20(15-28-21)16-5-3-2-4-6-16/h2-10,15,17H,11-14H2,1H3,(H,23,26). The van der Waals surface area contributed by atoms with Gasteiger partial charge in [-0.15, -0.1) is 11.3 Å². The summed E-state index contributed by atoms with van der Waals surface area (Å²) in [6.45, 7) is 1.49. The van der Waals surface area contributed by atoms with Gasteiger partial charge in [-0.2, -0.15) is 0 Å². The SMILES string of the molecule is COc1ccc(NC(=O)N2CCC(c3nc(-c4ccccc4)cs3)CC2)cc1. The number of methoxy groups -OCH3 is 1. The quantitative estimate of drug-likeness (QED) is 0.660. The maximum atomic E-state index is 12.5. The number of likely N-dealkylation sites (tertiary alicyclic amines) is 1. The van der Waals surface area contributed by atoms with E-state index in [-0.39, 0.29) is 6.03 Å². The maximum absolute atomic E-state index is 12.5. The van der Waals surface area contributed by atoms with Gasteiger partial charge in [-0.05, 0) is 37.1 Å². The summed E-state index contributed by atoms with van der Waals surface area (Å²) in [5.74, 6) is 1.20. The van der Waals surface area contributed by atoms with Crippen molar-refractivity contribution in [1.29, 1.82) is 0 Å². The molecule has 2 heterocycles. The van der Waals surface area contributed by atoms with Crippen LogP contribution in [0.3, 0.4) is 0 Å². The number of piperidine rings is 1. The van der Waals surface area contributed by atoms with Crippen LogP contribution in [0.15, 0.2) is 60.0 Å². The van der Waals surface area contributed by atoms with Crippen molar-refractivity contribution in [1.82, 2.24) is 9.88 Å². The van der Waals surface area contributed by atoms with Gasteiger partial charge in [-0.25, -0.2) is 9.78 Å². The van der Waals surface area contributed by atoms with Crippen molar-refractivity contribution in [3.05, 3.63) is 65.0 Å². The third-order valence-electron chi connectivity index (χ3n) is 5.06. The molecule has 1 aliphatic heterocycles. The normalized spacial score (nSPS) is 14.7. The molecule has 1 N–H and O–H groups in total. The molecule has 1 saturated heterocycles. The molecule has 28 heavy (non-hydrogen) atoms. The third-order valence-corrected chi connectivity index (χ3v) is 6.07. The molecule has 0 radical (unpaired) electrons. The average molecular weight is 394 g/mol. The van der Waals surface area contributed by atoms with E-state index in [1.807, 2.05) is 47.4 Å². The summed E-state index contributed by atoms with van der Waals surface area (Å²) in [5.41, 5.74) is 2.97. The summed E-state index contributed by atoms with van der Waals surface area (Å²) in [6, 6.07) is 17.6. The first-order chi connectivity index (χ1) is 13.7. The summed E-state index contributed by atoms with van der Waals surface area (Å²) in [5, 5.41) is 6.27. The van der Waals surface area contributed by atoms with Gasteiger partial charge in [0, 0.05) is 35.6 Å². The Morgan fingerprint density at radius 1 is 1.11 bits per heavy atom. The summed E-state index contributed by atoms with van der Waals surface area (Å²) in [6.07, 6.45) is 1.88. The third kappa shape index (κ3) is 4.17. The van der Waals surface area contributed by atoms with Gasteiger partial charge in [0.15, 0.2) is 0 Å². The lowest BCUT2D eigenvalue weighted by Gasteiger charge is -2.31. The van der Waals surface area contributed by atoms with Gasteiger partial charge < -0.3 is 15.0 Å². The highest BCUT2D eigenvalue weighted by Crippen LogP contribution is 2.33. The molecule has 3 aromatic rings. The first-order valence-corrected chi connectivity index (χ1v) is 10.3. The van der Waals surface area contributed by atoms with E-state index in [4.69, 9.17) is 9.72 Å². The number of anilines is 1. The van der Waals surface area contributed by atoms with Gasteiger partial charge in [0.1, 0.15) is 5.75 Å². The van der Waals surface area contributed by atoms with Crippen molar-refractivity contribution in [2.45, 2.75) is 18.8 Å². The van der Waals surface area contributed by atoms with Gasteiger partial charge in [0.25, 0.3) is 0 Å². The highest BCUT2D eigenvalue weighted by Gasteiger charge is 2.25. The zero-order valence-corrected chi connectivity index (χ0v) is 16.6. The Hall–Kier alpha value is -2.86. The van der Waals surface area contributed by atoms with Crippen molar-refractivity contribution in [2.75, 3.05) is 25.5 Å². The Morgan fingerprint density at radius 3 is 2.50 bits per heavy atom. The number of amides is 2. The Bertz CT molecular complexity index is 916. The smallest absolute Gasteiger partial charge is 0.321 e. The van der Waals surface area contributed by atoms with Gasteiger partial charge in [-0.1, -0.05) is 30.3 Å². The van der Waals surface area contributed by atoms with Crippen molar-refractivity contribution >= 4 is 23.1 Å². The van der Waals surface area contributed by atoms with Crippen molar-refractivity contribution in [2.24, 2.45) is 0 Å².